The SMILES string of the molecule is CCC(C)C(=NNc1ccccc1)C1CC1c1cccc(O)c1. The Balaban J connectivity index is 1.76. The van der Waals surface area contributed by atoms with Gasteiger partial charge in [-0.05, 0) is 54.5 Å². The zero-order valence-corrected chi connectivity index (χ0v) is 13.7. The first-order chi connectivity index (χ1) is 11.2. The second-order valence-electron chi connectivity index (χ2n) is 6.37. The topological polar surface area (TPSA) is 44.6 Å². The molecule has 3 unspecified atom stereocenters. The highest BCUT2D eigenvalue weighted by Crippen LogP contribution is 2.50. The monoisotopic (exact) mass is 308 g/mol. The largest absolute Gasteiger partial charge is 0.508 e. The van der Waals surface area contributed by atoms with Crippen molar-refractivity contribution in [2.45, 2.75) is 32.6 Å². The third-order valence-corrected chi connectivity index (χ3v) is 4.67. The fourth-order valence-corrected chi connectivity index (χ4v) is 3.06. The number of rotatable bonds is 6. The van der Waals surface area contributed by atoms with Gasteiger partial charge in [-0.3, -0.25) is 5.43 Å². The number of aromatic hydroxyl groups is 1. The van der Waals surface area contributed by atoms with Gasteiger partial charge in [0.15, 0.2) is 0 Å². The molecule has 0 radical (unpaired) electrons. The summed E-state index contributed by atoms with van der Waals surface area (Å²) in [6.45, 7) is 4.44. The van der Waals surface area contributed by atoms with Crippen LogP contribution >= 0.6 is 0 Å². The Labute approximate surface area is 138 Å². The molecule has 2 N–H and O–H groups in total. The first kappa shape index (κ1) is 15.6. The molecule has 2 aromatic rings. The van der Waals surface area contributed by atoms with Crippen LogP contribution in [0.4, 0.5) is 5.69 Å². The number of nitrogens with one attached hydrogen (secondary N) is 1. The lowest BCUT2D eigenvalue weighted by atomic mass is 9.96. The minimum Gasteiger partial charge on any atom is -0.508 e. The molecule has 0 aliphatic heterocycles. The van der Waals surface area contributed by atoms with Gasteiger partial charge in [-0.1, -0.05) is 44.2 Å². The van der Waals surface area contributed by atoms with E-state index in [0.717, 1.165) is 18.5 Å². The second-order valence-corrected chi connectivity index (χ2v) is 6.37. The number of phenols is 1. The van der Waals surface area contributed by atoms with Crippen LogP contribution in [0.5, 0.6) is 5.75 Å². The van der Waals surface area contributed by atoms with Crippen molar-refractivity contribution >= 4 is 11.4 Å². The standard InChI is InChI=1S/C20H24N2O/c1-3-14(2)20(22-21-16-9-5-4-6-10-16)19-13-18(19)15-8-7-11-17(23)12-15/h4-12,14,18-19,21,23H,3,13H2,1-2H3. The van der Waals surface area contributed by atoms with Crippen LogP contribution in [0.3, 0.4) is 0 Å². The van der Waals surface area contributed by atoms with Crippen molar-refractivity contribution in [2.75, 3.05) is 5.43 Å². The third-order valence-electron chi connectivity index (χ3n) is 4.67. The molecule has 0 heterocycles. The zero-order valence-electron chi connectivity index (χ0n) is 13.7. The van der Waals surface area contributed by atoms with Gasteiger partial charge >= 0.3 is 0 Å². The van der Waals surface area contributed by atoms with Crippen LogP contribution in [0.2, 0.25) is 0 Å². The van der Waals surface area contributed by atoms with Crippen LogP contribution in [-0.2, 0) is 0 Å². The number of hydrazone groups is 1. The van der Waals surface area contributed by atoms with Crippen molar-refractivity contribution in [3.05, 3.63) is 60.2 Å². The number of phenolic OH excluding ortho intramolecular Hbond substituents is 1. The minimum absolute atomic E-state index is 0.345. The van der Waals surface area contributed by atoms with Gasteiger partial charge in [-0.25, -0.2) is 0 Å². The molecule has 3 nitrogen and oxygen atoms in total. The molecule has 120 valence electrons. The van der Waals surface area contributed by atoms with Gasteiger partial charge in [0.05, 0.1) is 5.69 Å². The molecule has 1 aliphatic rings. The maximum absolute atomic E-state index is 9.68. The van der Waals surface area contributed by atoms with E-state index >= 15 is 0 Å². The number of hydrogen-bond acceptors (Lipinski definition) is 3. The molecule has 1 saturated carbocycles. The Morgan fingerprint density at radius 2 is 2.00 bits per heavy atom. The van der Waals surface area contributed by atoms with Crippen LogP contribution in [0.15, 0.2) is 59.7 Å². The Kier molecular flexibility index (Phi) is 4.65. The summed E-state index contributed by atoms with van der Waals surface area (Å²) in [5.41, 5.74) is 6.67. The van der Waals surface area contributed by atoms with E-state index in [9.17, 15) is 5.11 Å². The van der Waals surface area contributed by atoms with Crippen LogP contribution in [0.1, 0.15) is 38.2 Å². The highest BCUT2D eigenvalue weighted by Gasteiger charge is 2.43. The summed E-state index contributed by atoms with van der Waals surface area (Å²) >= 11 is 0. The lowest BCUT2D eigenvalue weighted by molar-refractivity contribution is 0.474. The van der Waals surface area contributed by atoms with E-state index < -0.39 is 0 Å². The quantitative estimate of drug-likeness (QED) is 0.582. The van der Waals surface area contributed by atoms with Crippen LogP contribution in [0.25, 0.3) is 0 Å². The van der Waals surface area contributed by atoms with Crippen molar-refractivity contribution in [2.24, 2.45) is 16.9 Å². The average molecular weight is 308 g/mol. The lowest BCUT2D eigenvalue weighted by Crippen LogP contribution is -2.15. The van der Waals surface area contributed by atoms with Crippen molar-refractivity contribution in [1.82, 2.24) is 0 Å². The highest BCUT2D eigenvalue weighted by molar-refractivity contribution is 5.92. The fraction of sp³-hybridized carbons (Fsp3) is 0.350. The summed E-state index contributed by atoms with van der Waals surface area (Å²) < 4.78 is 0. The summed E-state index contributed by atoms with van der Waals surface area (Å²) in [7, 11) is 0. The Bertz CT molecular complexity index is 681. The maximum Gasteiger partial charge on any atom is 0.115 e. The average Bonchev–Trinajstić information content (AvgIpc) is 3.36. The van der Waals surface area contributed by atoms with Crippen LogP contribution < -0.4 is 5.43 Å². The molecule has 0 amide bonds. The first-order valence-corrected chi connectivity index (χ1v) is 8.36. The lowest BCUT2D eigenvalue weighted by Gasteiger charge is -2.14. The summed E-state index contributed by atoms with van der Waals surface area (Å²) in [6.07, 6.45) is 2.20. The molecule has 3 atom stereocenters. The summed E-state index contributed by atoms with van der Waals surface area (Å²) in [5, 5.41) is 14.4. The minimum atomic E-state index is 0.345. The molecule has 23 heavy (non-hydrogen) atoms. The molecule has 3 heteroatoms. The van der Waals surface area contributed by atoms with E-state index in [-0.39, 0.29) is 0 Å². The molecular weight excluding hydrogens is 284 g/mol. The van der Waals surface area contributed by atoms with Crippen molar-refractivity contribution in [3.63, 3.8) is 0 Å². The van der Waals surface area contributed by atoms with E-state index in [4.69, 9.17) is 5.10 Å². The summed E-state index contributed by atoms with van der Waals surface area (Å²) in [6, 6.07) is 17.7. The van der Waals surface area contributed by atoms with E-state index in [0.29, 0.717) is 23.5 Å². The zero-order chi connectivity index (χ0) is 16.2. The van der Waals surface area contributed by atoms with E-state index in [1.54, 1.807) is 6.07 Å². The number of benzene rings is 2. The highest BCUT2D eigenvalue weighted by atomic mass is 16.3. The molecule has 3 rings (SSSR count). The predicted octanol–water partition coefficient (Wildman–Crippen LogP) is 5.01. The number of para-hydroxylation sites is 1. The Hall–Kier alpha value is -2.29. The number of hydrogen-bond donors (Lipinski definition) is 2. The van der Waals surface area contributed by atoms with Crippen LogP contribution in [0, 0.1) is 11.8 Å². The smallest absolute Gasteiger partial charge is 0.115 e. The maximum atomic E-state index is 9.68. The van der Waals surface area contributed by atoms with Crippen molar-refractivity contribution < 1.29 is 5.11 Å². The Morgan fingerprint density at radius 1 is 1.22 bits per heavy atom. The van der Waals surface area contributed by atoms with Gasteiger partial charge in [-0.15, -0.1) is 0 Å². The van der Waals surface area contributed by atoms with Crippen molar-refractivity contribution in [1.29, 1.82) is 0 Å². The normalized spacial score (nSPS) is 21.7. The Morgan fingerprint density at radius 3 is 2.70 bits per heavy atom. The van der Waals surface area contributed by atoms with Gasteiger partial charge in [0, 0.05) is 11.6 Å². The van der Waals surface area contributed by atoms with Gasteiger partial charge in [0.2, 0.25) is 0 Å². The number of nitrogens with zero attached hydrogens (tertiary/aromatic N) is 1. The summed E-state index contributed by atoms with van der Waals surface area (Å²) in [5.74, 6) is 1.76. The molecule has 1 fully saturated rings. The van der Waals surface area contributed by atoms with Crippen LogP contribution in [-0.4, -0.2) is 10.8 Å². The predicted molar refractivity (Wildman–Crippen MR) is 95.9 cm³/mol. The summed E-state index contributed by atoms with van der Waals surface area (Å²) in [4.78, 5) is 0. The van der Waals surface area contributed by atoms with Gasteiger partial charge in [0.1, 0.15) is 5.75 Å². The molecule has 0 bridgehead atoms. The molecule has 2 aromatic carbocycles. The van der Waals surface area contributed by atoms with Gasteiger partial charge in [0.25, 0.3) is 0 Å². The molecule has 0 aromatic heterocycles. The third kappa shape index (κ3) is 3.73. The second kappa shape index (κ2) is 6.86. The number of anilines is 1. The first-order valence-electron chi connectivity index (χ1n) is 8.36. The molecule has 0 spiro atoms. The van der Waals surface area contributed by atoms with E-state index in [2.05, 4.69) is 25.3 Å². The molecular formula is C20H24N2O. The molecule has 1 aliphatic carbocycles. The molecule has 0 saturated heterocycles. The fourth-order valence-electron chi connectivity index (χ4n) is 3.06. The van der Waals surface area contributed by atoms with Gasteiger partial charge in [-0.2, -0.15) is 5.10 Å². The van der Waals surface area contributed by atoms with Gasteiger partial charge < -0.3 is 5.11 Å². The van der Waals surface area contributed by atoms with E-state index in [1.807, 2.05) is 42.5 Å². The van der Waals surface area contributed by atoms with E-state index in [1.165, 1.54) is 11.3 Å². The van der Waals surface area contributed by atoms with Crippen molar-refractivity contribution in [3.8, 4) is 5.75 Å².